The second-order valence-corrected chi connectivity index (χ2v) is 5.93. The summed E-state index contributed by atoms with van der Waals surface area (Å²) in [7, 11) is 0. The van der Waals surface area contributed by atoms with Gasteiger partial charge in [-0.3, -0.25) is 0 Å². The van der Waals surface area contributed by atoms with Crippen molar-refractivity contribution in [3.63, 3.8) is 0 Å². The van der Waals surface area contributed by atoms with E-state index in [1.54, 1.807) is 0 Å². The third-order valence-corrected chi connectivity index (χ3v) is 2.64. The number of carbonyl (C=O) groups is 1. The molecule has 0 aliphatic heterocycles. The zero-order chi connectivity index (χ0) is 15.7. The predicted octanol–water partition coefficient (Wildman–Crippen LogP) is 3.91. The van der Waals surface area contributed by atoms with Crippen LogP contribution in [0.5, 0.6) is 0 Å². The summed E-state index contributed by atoms with van der Waals surface area (Å²) in [6.07, 6.45) is 2.47. The molecule has 0 bridgehead atoms. The molecule has 1 N–H and O–H groups in total. The number of hydrogen-bond donors (Lipinski definition) is 1. The fourth-order valence-electron chi connectivity index (χ4n) is 1.75. The van der Waals surface area contributed by atoms with Crippen LogP contribution >= 0.6 is 0 Å². The Hall–Kier alpha value is -1.95. The van der Waals surface area contributed by atoms with Crippen molar-refractivity contribution in [2.45, 2.75) is 52.6 Å². The van der Waals surface area contributed by atoms with Crippen LogP contribution in [0.15, 0.2) is 24.3 Å². The van der Waals surface area contributed by atoms with E-state index < -0.39 is 11.7 Å². The fourth-order valence-corrected chi connectivity index (χ4v) is 1.75. The molecule has 0 aliphatic carbocycles. The maximum absolute atomic E-state index is 11.4. The smallest absolute Gasteiger partial charge is 0.407 e. The monoisotopic (exact) mass is 287 g/mol. The van der Waals surface area contributed by atoms with Gasteiger partial charge >= 0.3 is 6.09 Å². The number of benzene rings is 1. The largest absolute Gasteiger partial charge is 0.444 e. The molecule has 0 aromatic heterocycles. The molecule has 0 atom stereocenters. The standard InChI is InChI=1S/C18H25NO2/c1-5-8-15-10-12-16(13-11-15)9-6-7-14-19-17(20)21-18(2,3)4/h10-13H,5,7-8,14H2,1-4H3,(H,19,20). The number of alkyl carbamates (subject to hydrolysis) is 1. The highest BCUT2D eigenvalue weighted by atomic mass is 16.6. The number of hydrogen-bond acceptors (Lipinski definition) is 2. The van der Waals surface area contributed by atoms with E-state index in [0.717, 1.165) is 18.4 Å². The summed E-state index contributed by atoms with van der Waals surface area (Å²) in [6, 6.07) is 8.32. The van der Waals surface area contributed by atoms with E-state index >= 15 is 0 Å². The zero-order valence-corrected chi connectivity index (χ0v) is 13.5. The highest BCUT2D eigenvalue weighted by molar-refractivity contribution is 5.67. The summed E-state index contributed by atoms with van der Waals surface area (Å²) in [4.78, 5) is 11.4. The van der Waals surface area contributed by atoms with E-state index in [1.807, 2.05) is 32.9 Å². The van der Waals surface area contributed by atoms with Gasteiger partial charge < -0.3 is 10.1 Å². The molecule has 1 aromatic carbocycles. The zero-order valence-electron chi connectivity index (χ0n) is 13.5. The van der Waals surface area contributed by atoms with E-state index in [0.29, 0.717) is 13.0 Å². The van der Waals surface area contributed by atoms with Crippen LogP contribution in [0.1, 0.15) is 51.7 Å². The van der Waals surface area contributed by atoms with Crippen molar-refractivity contribution in [3.8, 4) is 11.8 Å². The molecule has 0 aliphatic rings. The molecule has 3 nitrogen and oxygen atoms in total. The lowest BCUT2D eigenvalue weighted by Gasteiger charge is -2.19. The second-order valence-electron chi connectivity index (χ2n) is 5.93. The van der Waals surface area contributed by atoms with Crippen molar-refractivity contribution in [3.05, 3.63) is 35.4 Å². The molecule has 0 heterocycles. The fraction of sp³-hybridized carbons (Fsp3) is 0.500. The molecule has 0 spiro atoms. The van der Waals surface area contributed by atoms with Crippen LogP contribution in [0.25, 0.3) is 0 Å². The third kappa shape index (κ3) is 8.04. The quantitative estimate of drug-likeness (QED) is 0.673. The summed E-state index contributed by atoms with van der Waals surface area (Å²) in [5, 5.41) is 2.69. The summed E-state index contributed by atoms with van der Waals surface area (Å²) in [5.41, 5.74) is 1.89. The van der Waals surface area contributed by atoms with Crippen LogP contribution in [0.2, 0.25) is 0 Å². The Balaban J connectivity index is 2.31. The molecule has 3 heteroatoms. The van der Waals surface area contributed by atoms with Gasteiger partial charge in [-0.1, -0.05) is 37.3 Å². The van der Waals surface area contributed by atoms with Crippen LogP contribution in [0.3, 0.4) is 0 Å². The Morgan fingerprint density at radius 2 is 1.90 bits per heavy atom. The van der Waals surface area contributed by atoms with Gasteiger partial charge in [0, 0.05) is 18.5 Å². The first-order chi connectivity index (χ1) is 9.90. The van der Waals surface area contributed by atoms with Gasteiger partial charge in [0.25, 0.3) is 0 Å². The SMILES string of the molecule is CCCc1ccc(C#CCCNC(=O)OC(C)(C)C)cc1. The number of ether oxygens (including phenoxy) is 1. The van der Waals surface area contributed by atoms with Crippen molar-refractivity contribution >= 4 is 6.09 Å². The molecule has 0 unspecified atom stereocenters. The lowest BCUT2D eigenvalue weighted by atomic mass is 10.1. The Morgan fingerprint density at radius 1 is 1.24 bits per heavy atom. The minimum Gasteiger partial charge on any atom is -0.444 e. The number of nitrogens with one attached hydrogen (secondary N) is 1. The van der Waals surface area contributed by atoms with E-state index in [-0.39, 0.29) is 0 Å². The van der Waals surface area contributed by atoms with Gasteiger partial charge in [-0.15, -0.1) is 0 Å². The minimum absolute atomic E-state index is 0.395. The van der Waals surface area contributed by atoms with Crippen molar-refractivity contribution in [1.29, 1.82) is 0 Å². The van der Waals surface area contributed by atoms with Gasteiger partial charge in [0.1, 0.15) is 5.60 Å². The summed E-state index contributed by atoms with van der Waals surface area (Å²) < 4.78 is 5.14. The molecule has 0 saturated carbocycles. The minimum atomic E-state index is -0.462. The van der Waals surface area contributed by atoms with Crippen molar-refractivity contribution < 1.29 is 9.53 Å². The Bertz CT molecular complexity index is 501. The molecule has 0 saturated heterocycles. The Morgan fingerprint density at radius 3 is 2.48 bits per heavy atom. The van der Waals surface area contributed by atoms with Gasteiger partial charge in [0.05, 0.1) is 0 Å². The van der Waals surface area contributed by atoms with Gasteiger partial charge in [-0.25, -0.2) is 4.79 Å². The van der Waals surface area contributed by atoms with E-state index in [4.69, 9.17) is 4.74 Å². The maximum atomic E-state index is 11.4. The molecule has 1 amide bonds. The highest BCUT2D eigenvalue weighted by Crippen LogP contribution is 2.06. The van der Waals surface area contributed by atoms with Gasteiger partial charge in [0.2, 0.25) is 0 Å². The topological polar surface area (TPSA) is 38.3 Å². The molecule has 1 rings (SSSR count). The Kier molecular flexibility index (Phi) is 6.81. The predicted molar refractivity (Wildman–Crippen MR) is 86.2 cm³/mol. The number of amides is 1. The van der Waals surface area contributed by atoms with E-state index in [1.165, 1.54) is 5.56 Å². The average molecular weight is 287 g/mol. The summed E-state index contributed by atoms with van der Waals surface area (Å²) >= 11 is 0. The average Bonchev–Trinajstić information content (AvgIpc) is 2.38. The third-order valence-electron chi connectivity index (χ3n) is 2.64. The molecule has 0 radical (unpaired) electrons. The van der Waals surface area contributed by atoms with Crippen LogP contribution in [0, 0.1) is 11.8 Å². The first-order valence-electron chi connectivity index (χ1n) is 7.45. The lowest BCUT2D eigenvalue weighted by molar-refractivity contribution is 0.0529. The number of carbonyl (C=O) groups excluding carboxylic acids is 1. The van der Waals surface area contributed by atoms with Crippen LogP contribution < -0.4 is 5.32 Å². The summed E-state index contributed by atoms with van der Waals surface area (Å²) in [5.74, 6) is 6.14. The molecule has 0 fully saturated rings. The Labute approximate surface area is 128 Å². The number of aryl methyl sites for hydroxylation is 1. The molecule has 1 aromatic rings. The van der Waals surface area contributed by atoms with Crippen LogP contribution in [-0.2, 0) is 11.2 Å². The molecular formula is C18H25NO2. The van der Waals surface area contributed by atoms with Gasteiger partial charge in [-0.2, -0.15) is 0 Å². The second kappa shape index (κ2) is 8.36. The van der Waals surface area contributed by atoms with Crippen molar-refractivity contribution in [2.75, 3.05) is 6.54 Å². The van der Waals surface area contributed by atoms with Crippen molar-refractivity contribution in [1.82, 2.24) is 5.32 Å². The molecular weight excluding hydrogens is 262 g/mol. The first kappa shape index (κ1) is 17.1. The van der Waals surface area contributed by atoms with Crippen LogP contribution in [-0.4, -0.2) is 18.2 Å². The van der Waals surface area contributed by atoms with Crippen LogP contribution in [0.4, 0.5) is 4.79 Å². The molecule has 114 valence electrons. The lowest BCUT2D eigenvalue weighted by Crippen LogP contribution is -2.32. The normalized spacial score (nSPS) is 10.5. The van der Waals surface area contributed by atoms with E-state index in [2.05, 4.69) is 36.2 Å². The van der Waals surface area contributed by atoms with Gasteiger partial charge in [-0.05, 0) is 44.9 Å². The van der Waals surface area contributed by atoms with Crippen molar-refractivity contribution in [2.24, 2.45) is 0 Å². The van der Waals surface area contributed by atoms with Gasteiger partial charge in [0.15, 0.2) is 0 Å². The highest BCUT2D eigenvalue weighted by Gasteiger charge is 2.15. The molecule has 21 heavy (non-hydrogen) atoms. The summed E-state index contributed by atoms with van der Waals surface area (Å²) in [6.45, 7) is 8.19. The number of rotatable bonds is 4. The maximum Gasteiger partial charge on any atom is 0.407 e. The van der Waals surface area contributed by atoms with E-state index in [9.17, 15) is 4.79 Å². The first-order valence-corrected chi connectivity index (χ1v) is 7.45.